The van der Waals surface area contributed by atoms with Crippen LogP contribution in [0.1, 0.15) is 17.3 Å². The number of primary amides is 1. The summed E-state index contributed by atoms with van der Waals surface area (Å²) in [5.41, 5.74) is 13.3. The molecule has 9 nitrogen and oxygen atoms in total. The third kappa shape index (κ3) is 4.30. The smallest absolute Gasteiger partial charge is 0.350 e. The van der Waals surface area contributed by atoms with E-state index in [9.17, 15) is 22.8 Å². The van der Waals surface area contributed by atoms with Crippen molar-refractivity contribution in [1.82, 2.24) is 9.99 Å². The number of nitrogens with two attached hydrogens (primary N) is 2. The van der Waals surface area contributed by atoms with Crippen LogP contribution < -0.4 is 27.1 Å². The van der Waals surface area contributed by atoms with Crippen molar-refractivity contribution in [3.05, 3.63) is 71.9 Å². The normalized spacial score (nSPS) is 15.1. The molecule has 3 aromatic rings. The number of urea groups is 2. The van der Waals surface area contributed by atoms with Gasteiger partial charge >= 0.3 is 18.2 Å². The second kappa shape index (κ2) is 8.56. The van der Waals surface area contributed by atoms with Crippen molar-refractivity contribution in [2.75, 3.05) is 22.7 Å². The van der Waals surface area contributed by atoms with Crippen molar-refractivity contribution in [1.29, 1.82) is 0 Å². The average Bonchev–Trinajstić information content (AvgIpc) is 3.04. The van der Waals surface area contributed by atoms with E-state index in [1.165, 1.54) is 22.2 Å². The molecule has 0 saturated heterocycles. The Morgan fingerprint density at radius 2 is 1.71 bits per heavy atom. The maximum Gasteiger partial charge on any atom is 0.416 e. The number of benzene rings is 2. The monoisotopic (exact) mass is 471 g/mol. The highest BCUT2D eigenvalue weighted by molar-refractivity contribution is 6.00. The molecule has 1 unspecified atom stereocenters. The van der Waals surface area contributed by atoms with Crippen molar-refractivity contribution in [3.8, 4) is 11.1 Å². The van der Waals surface area contributed by atoms with Crippen molar-refractivity contribution < 1.29 is 22.8 Å². The van der Waals surface area contributed by atoms with Gasteiger partial charge in [-0.2, -0.15) is 13.2 Å². The largest absolute Gasteiger partial charge is 0.416 e. The first-order chi connectivity index (χ1) is 16.1. The molecule has 2 heterocycles. The predicted octanol–water partition coefficient (Wildman–Crippen LogP) is 4.11. The van der Waals surface area contributed by atoms with Gasteiger partial charge in [0.25, 0.3) is 0 Å². The Kier molecular flexibility index (Phi) is 5.75. The molecule has 4 rings (SSSR count). The lowest BCUT2D eigenvalue weighted by Gasteiger charge is -2.26. The first-order valence-electron chi connectivity index (χ1n) is 9.99. The van der Waals surface area contributed by atoms with Crippen LogP contribution in [0.15, 0.2) is 60.8 Å². The molecule has 34 heavy (non-hydrogen) atoms. The maximum absolute atomic E-state index is 12.9. The molecule has 0 saturated carbocycles. The molecular formula is C22H20F3N7O2. The molecule has 0 fully saturated rings. The summed E-state index contributed by atoms with van der Waals surface area (Å²) in [6, 6.07) is 11.4. The zero-order chi connectivity index (χ0) is 24.6. The minimum Gasteiger partial charge on any atom is -0.350 e. The average molecular weight is 471 g/mol. The molecule has 12 heteroatoms. The van der Waals surface area contributed by atoms with Gasteiger partial charge in [-0.15, -0.1) is 0 Å². The number of nitrogens with one attached hydrogen (secondary N) is 2. The lowest BCUT2D eigenvalue weighted by molar-refractivity contribution is -0.137. The quantitative estimate of drug-likeness (QED) is 0.457. The number of carbonyl (C=O) groups excluding carboxylic acids is 2. The van der Waals surface area contributed by atoms with Gasteiger partial charge in [0.05, 0.1) is 5.56 Å². The number of hydrogen-bond donors (Lipinski definition) is 4. The Morgan fingerprint density at radius 3 is 2.35 bits per heavy atom. The number of nitrogens with zero attached hydrogens (tertiary/aromatic N) is 3. The van der Waals surface area contributed by atoms with Gasteiger partial charge < -0.3 is 22.1 Å². The minimum atomic E-state index is -4.51. The van der Waals surface area contributed by atoms with E-state index in [2.05, 4.69) is 15.6 Å². The Bertz CT molecular complexity index is 1250. The van der Waals surface area contributed by atoms with Gasteiger partial charge in [0.15, 0.2) is 5.82 Å². The van der Waals surface area contributed by atoms with Crippen molar-refractivity contribution in [3.63, 3.8) is 0 Å². The summed E-state index contributed by atoms with van der Waals surface area (Å²) in [5, 5.41) is 7.63. The second-order valence-electron chi connectivity index (χ2n) is 7.48. The number of alkyl halides is 3. The van der Waals surface area contributed by atoms with Crippen LogP contribution in [-0.2, 0) is 6.18 Å². The van der Waals surface area contributed by atoms with E-state index in [-0.39, 0.29) is 5.69 Å². The van der Waals surface area contributed by atoms with Crippen LogP contribution in [-0.4, -0.2) is 29.1 Å². The molecule has 1 aliphatic rings. The Labute approximate surface area is 192 Å². The highest BCUT2D eigenvalue weighted by Crippen LogP contribution is 2.40. The summed E-state index contributed by atoms with van der Waals surface area (Å²) in [7, 11) is 1.63. The van der Waals surface area contributed by atoms with Gasteiger partial charge in [-0.25, -0.2) is 19.6 Å². The second-order valence-corrected chi connectivity index (χ2v) is 7.48. The number of carbonyl (C=O) groups is 2. The van der Waals surface area contributed by atoms with Gasteiger partial charge in [0.2, 0.25) is 0 Å². The van der Waals surface area contributed by atoms with E-state index >= 15 is 0 Å². The van der Waals surface area contributed by atoms with Gasteiger partial charge in [0, 0.05) is 30.2 Å². The Hall–Kier alpha value is -4.32. The summed E-state index contributed by atoms with van der Waals surface area (Å²) in [5.74, 6) is 0.492. The molecule has 0 bridgehead atoms. The zero-order valence-electron chi connectivity index (χ0n) is 17.8. The number of hydrogen-bond acceptors (Lipinski definition) is 5. The highest BCUT2D eigenvalue weighted by atomic mass is 19.4. The summed E-state index contributed by atoms with van der Waals surface area (Å²) >= 11 is 0. The fourth-order valence-electron chi connectivity index (χ4n) is 3.76. The first kappa shape index (κ1) is 22.9. The number of aromatic nitrogens is 1. The molecule has 1 aliphatic heterocycles. The van der Waals surface area contributed by atoms with E-state index in [0.29, 0.717) is 17.1 Å². The Morgan fingerprint density at radius 1 is 1.03 bits per heavy atom. The van der Waals surface area contributed by atoms with E-state index < -0.39 is 30.0 Å². The SMILES string of the molecule is CN1c2nccc(-c3ccc(NC(=O)Nc4cccc(C(F)(F)F)c4)cc3)c2C(N)N1C(N)=O. The van der Waals surface area contributed by atoms with Crippen LogP contribution in [0.4, 0.5) is 40.0 Å². The summed E-state index contributed by atoms with van der Waals surface area (Å²) in [6.07, 6.45) is -3.75. The van der Waals surface area contributed by atoms with Crippen LogP contribution in [0.2, 0.25) is 0 Å². The van der Waals surface area contributed by atoms with E-state index in [1.54, 1.807) is 43.6 Å². The van der Waals surface area contributed by atoms with Crippen LogP contribution in [0.5, 0.6) is 0 Å². The number of rotatable bonds is 3. The van der Waals surface area contributed by atoms with Crippen LogP contribution in [0.25, 0.3) is 11.1 Å². The molecule has 2 aromatic carbocycles. The van der Waals surface area contributed by atoms with E-state index in [0.717, 1.165) is 23.3 Å². The zero-order valence-corrected chi connectivity index (χ0v) is 17.8. The molecule has 0 spiro atoms. The predicted molar refractivity (Wildman–Crippen MR) is 121 cm³/mol. The number of amides is 4. The van der Waals surface area contributed by atoms with E-state index in [1.807, 2.05) is 0 Å². The lowest BCUT2D eigenvalue weighted by Crippen LogP contribution is -2.47. The van der Waals surface area contributed by atoms with Gasteiger partial charge in [-0.3, -0.25) is 5.01 Å². The molecule has 0 radical (unpaired) electrons. The maximum atomic E-state index is 12.9. The molecule has 1 aromatic heterocycles. The van der Waals surface area contributed by atoms with Crippen molar-refractivity contribution in [2.24, 2.45) is 11.5 Å². The molecule has 6 N–H and O–H groups in total. The van der Waals surface area contributed by atoms with Gasteiger partial charge in [-0.05, 0) is 47.5 Å². The fraction of sp³-hybridized carbons (Fsp3) is 0.136. The third-order valence-electron chi connectivity index (χ3n) is 5.29. The van der Waals surface area contributed by atoms with Gasteiger partial charge in [-0.1, -0.05) is 18.2 Å². The minimum absolute atomic E-state index is 0.00778. The molecule has 0 aliphatic carbocycles. The number of halogens is 3. The summed E-state index contributed by atoms with van der Waals surface area (Å²) < 4.78 is 38.6. The number of pyridine rings is 1. The first-order valence-corrected chi connectivity index (χ1v) is 9.99. The van der Waals surface area contributed by atoms with Crippen molar-refractivity contribution in [2.45, 2.75) is 12.3 Å². The number of hydrazine groups is 1. The summed E-state index contributed by atoms with van der Waals surface area (Å²) in [4.78, 5) is 28.3. The topological polar surface area (TPSA) is 130 Å². The number of anilines is 3. The molecule has 176 valence electrons. The lowest BCUT2D eigenvalue weighted by atomic mass is 9.99. The Balaban J connectivity index is 1.50. The van der Waals surface area contributed by atoms with E-state index in [4.69, 9.17) is 11.5 Å². The number of fused-ring (bicyclic) bond motifs is 1. The highest BCUT2D eigenvalue weighted by Gasteiger charge is 2.37. The molecule has 1 atom stereocenters. The molecular weight excluding hydrogens is 451 g/mol. The van der Waals surface area contributed by atoms with Crippen LogP contribution in [0, 0.1) is 0 Å². The van der Waals surface area contributed by atoms with Gasteiger partial charge in [0.1, 0.15) is 6.17 Å². The van der Waals surface area contributed by atoms with Crippen LogP contribution in [0.3, 0.4) is 0 Å². The summed E-state index contributed by atoms with van der Waals surface area (Å²) in [6.45, 7) is 0. The third-order valence-corrected chi connectivity index (χ3v) is 5.29. The standard InChI is InChI=1S/C22H20F3N7O2/c1-31-19-17(18(26)32(31)20(27)33)16(9-10-28-19)12-5-7-14(8-6-12)29-21(34)30-15-4-2-3-13(11-15)22(23,24)25/h2-11,18H,26H2,1H3,(H2,27,33)(H2,29,30,34). The fourth-order valence-corrected chi connectivity index (χ4v) is 3.76. The van der Waals surface area contributed by atoms with Crippen molar-refractivity contribution >= 4 is 29.3 Å². The molecule has 4 amide bonds. The van der Waals surface area contributed by atoms with Crippen LogP contribution >= 0.6 is 0 Å².